The van der Waals surface area contributed by atoms with Gasteiger partial charge in [0.25, 0.3) is 0 Å². The van der Waals surface area contributed by atoms with E-state index in [4.69, 9.17) is 0 Å². The van der Waals surface area contributed by atoms with Crippen LogP contribution in [-0.2, 0) is 17.1 Å². The molecule has 0 saturated carbocycles. The average Bonchev–Trinajstić information content (AvgIpc) is 3.29. The Morgan fingerprint density at radius 3 is 1.24 bits per heavy atom. The van der Waals surface area contributed by atoms with Crippen molar-refractivity contribution in [3.63, 3.8) is 0 Å². The molecule has 0 aromatic carbocycles. The minimum Gasteiger partial charge on any atom is -0.875 e. The van der Waals surface area contributed by atoms with Crippen molar-refractivity contribution in [2.75, 3.05) is 0 Å². The number of hydrogen-bond donors (Lipinski definition) is 0. The maximum atomic E-state index is 11.4. The molecule has 0 aromatic rings. The van der Waals surface area contributed by atoms with Crippen LogP contribution in [0.15, 0.2) is 71.3 Å². The monoisotopic (exact) mass is 382 g/mol. The van der Waals surface area contributed by atoms with Crippen molar-refractivity contribution in [2.24, 2.45) is 0 Å². The third-order valence-electron chi connectivity index (χ3n) is 3.98. The van der Waals surface area contributed by atoms with E-state index in [1.54, 1.807) is 0 Å². The second kappa shape index (κ2) is 14.9. The molecule has 2 aliphatic rings. The molecular formula is C22H30FeO2. The maximum Gasteiger partial charge on any atom is 2.00 e. The third kappa shape index (κ3) is 10.2. The molecule has 0 N–H and O–H groups in total. The largest absolute Gasteiger partial charge is 2.00 e. The van der Waals surface area contributed by atoms with Crippen molar-refractivity contribution in [3.8, 4) is 0 Å². The molecule has 2 aliphatic carbocycles. The summed E-state index contributed by atoms with van der Waals surface area (Å²) in [6.07, 6.45) is 23.3. The zero-order valence-corrected chi connectivity index (χ0v) is 16.5. The van der Waals surface area contributed by atoms with Gasteiger partial charge in [-0.15, -0.1) is 11.5 Å². The number of rotatable bonds is 8. The van der Waals surface area contributed by atoms with Crippen LogP contribution in [0.3, 0.4) is 0 Å². The van der Waals surface area contributed by atoms with Crippen molar-refractivity contribution >= 4 is 0 Å². The van der Waals surface area contributed by atoms with Gasteiger partial charge in [-0.1, -0.05) is 101 Å². The van der Waals surface area contributed by atoms with Crippen LogP contribution in [0.4, 0.5) is 0 Å². The molecule has 25 heavy (non-hydrogen) atoms. The number of hydrogen-bond acceptors (Lipinski definition) is 2. The molecule has 0 atom stereocenters. The predicted molar refractivity (Wildman–Crippen MR) is 98.9 cm³/mol. The quantitative estimate of drug-likeness (QED) is 0.350. The zero-order chi connectivity index (χ0) is 17.6. The predicted octanol–water partition coefficient (Wildman–Crippen LogP) is 4.61. The Labute approximate surface area is 163 Å². The van der Waals surface area contributed by atoms with Crippen molar-refractivity contribution in [1.29, 1.82) is 0 Å². The van der Waals surface area contributed by atoms with Gasteiger partial charge in [-0.2, -0.15) is 0 Å². The summed E-state index contributed by atoms with van der Waals surface area (Å²) in [5.74, 6) is 0.571. The fourth-order valence-corrected chi connectivity index (χ4v) is 2.48. The number of allylic oxidation sites excluding steroid dienone is 12. The normalized spacial score (nSPS) is 13.7. The second-order valence-corrected chi connectivity index (χ2v) is 6.11. The van der Waals surface area contributed by atoms with E-state index in [9.17, 15) is 10.2 Å². The number of unbranched alkanes of at least 4 members (excludes halogenated alkanes) is 4. The zero-order valence-electron chi connectivity index (χ0n) is 15.4. The summed E-state index contributed by atoms with van der Waals surface area (Å²) in [4.78, 5) is 0. The van der Waals surface area contributed by atoms with E-state index in [2.05, 4.69) is 13.8 Å². The van der Waals surface area contributed by atoms with Crippen LogP contribution in [0, 0.1) is 0 Å². The van der Waals surface area contributed by atoms with Crippen LogP contribution >= 0.6 is 0 Å². The maximum absolute atomic E-state index is 11.4. The van der Waals surface area contributed by atoms with Gasteiger partial charge in [-0.25, -0.2) is 0 Å². The summed E-state index contributed by atoms with van der Waals surface area (Å²) in [7, 11) is 0. The molecule has 3 heteroatoms. The van der Waals surface area contributed by atoms with E-state index in [-0.39, 0.29) is 28.6 Å². The first-order chi connectivity index (χ1) is 11.7. The van der Waals surface area contributed by atoms with E-state index >= 15 is 0 Å². The first kappa shape index (κ1) is 23.6. The fourth-order valence-electron chi connectivity index (χ4n) is 2.48. The Morgan fingerprint density at radius 1 is 0.640 bits per heavy atom. The van der Waals surface area contributed by atoms with Gasteiger partial charge in [0.05, 0.1) is 0 Å². The molecule has 0 unspecified atom stereocenters. The minimum atomic E-state index is 0. The third-order valence-corrected chi connectivity index (χ3v) is 3.98. The van der Waals surface area contributed by atoms with Crippen molar-refractivity contribution in [3.05, 3.63) is 71.3 Å². The molecule has 0 radical (unpaired) electrons. The van der Waals surface area contributed by atoms with Gasteiger partial charge in [0, 0.05) is 0 Å². The molecular weight excluding hydrogens is 352 g/mol. The molecule has 0 fully saturated rings. The average molecular weight is 382 g/mol. The Balaban J connectivity index is 0.000000443. The van der Waals surface area contributed by atoms with Gasteiger partial charge in [-0.3, -0.25) is 0 Å². The summed E-state index contributed by atoms with van der Waals surface area (Å²) in [5.41, 5.74) is 1.73. The van der Waals surface area contributed by atoms with Crippen molar-refractivity contribution in [1.82, 2.24) is 0 Å². The van der Waals surface area contributed by atoms with E-state index in [0.717, 1.165) is 36.8 Å². The second-order valence-electron chi connectivity index (χ2n) is 6.11. The molecule has 0 amide bonds. The molecule has 0 aliphatic heterocycles. The van der Waals surface area contributed by atoms with Crippen molar-refractivity contribution < 1.29 is 27.3 Å². The van der Waals surface area contributed by atoms with Crippen LogP contribution in [0.5, 0.6) is 0 Å². The molecule has 0 aromatic heterocycles. The van der Waals surface area contributed by atoms with Crippen LogP contribution in [0.25, 0.3) is 0 Å². The molecule has 0 heterocycles. The van der Waals surface area contributed by atoms with E-state index in [1.807, 2.05) is 48.6 Å². The molecule has 0 spiro atoms. The Morgan fingerprint density at radius 2 is 0.960 bits per heavy atom. The smallest absolute Gasteiger partial charge is 0.875 e. The van der Waals surface area contributed by atoms with Crippen LogP contribution in [0.2, 0.25) is 0 Å². The van der Waals surface area contributed by atoms with Crippen LogP contribution in [-0.4, -0.2) is 0 Å². The summed E-state index contributed by atoms with van der Waals surface area (Å²) in [6, 6.07) is 0. The molecule has 0 saturated heterocycles. The standard InChI is InChI=1S/2C11H16O.Fe/c2*1-2-3-4-9-11(12)10-7-5-6-8-10;/h2*5-8,12H,2-4,9H2,1H3;/q;;+2/p-2. The summed E-state index contributed by atoms with van der Waals surface area (Å²) in [6.45, 7) is 4.29. The van der Waals surface area contributed by atoms with Crippen molar-refractivity contribution in [2.45, 2.75) is 65.2 Å². The first-order valence-corrected chi connectivity index (χ1v) is 9.18. The Bertz CT molecular complexity index is 470. The molecule has 138 valence electrons. The topological polar surface area (TPSA) is 46.1 Å². The van der Waals surface area contributed by atoms with Gasteiger partial charge in [0.15, 0.2) is 0 Å². The first-order valence-electron chi connectivity index (χ1n) is 9.18. The fraction of sp³-hybridized carbons (Fsp3) is 0.455. The SMILES string of the molecule is CCCCCC([O-])=C1C=CC=C1.CCCCCC([O-])=C1C=CC=C1.[Fe+2]. The van der Waals surface area contributed by atoms with Gasteiger partial charge in [0.1, 0.15) is 0 Å². The van der Waals surface area contributed by atoms with Gasteiger partial charge >= 0.3 is 17.1 Å². The Kier molecular flexibility index (Phi) is 14.0. The van der Waals surface area contributed by atoms with Crippen LogP contribution < -0.4 is 10.2 Å². The van der Waals surface area contributed by atoms with Gasteiger partial charge in [0.2, 0.25) is 0 Å². The summed E-state index contributed by atoms with van der Waals surface area (Å²) < 4.78 is 0. The molecule has 2 nitrogen and oxygen atoms in total. The van der Waals surface area contributed by atoms with E-state index < -0.39 is 0 Å². The summed E-state index contributed by atoms with van der Waals surface area (Å²) >= 11 is 0. The van der Waals surface area contributed by atoms with E-state index in [0.29, 0.717) is 12.8 Å². The van der Waals surface area contributed by atoms with Crippen LogP contribution in [0.1, 0.15) is 65.2 Å². The van der Waals surface area contributed by atoms with E-state index in [1.165, 1.54) is 12.8 Å². The van der Waals surface area contributed by atoms with Gasteiger partial charge in [-0.05, 0) is 24.0 Å². The molecule has 0 bridgehead atoms. The Hall–Kier alpha value is -1.44. The van der Waals surface area contributed by atoms with Gasteiger partial charge < -0.3 is 10.2 Å². The molecule has 2 rings (SSSR count). The minimum absolute atomic E-state index is 0. The summed E-state index contributed by atoms with van der Waals surface area (Å²) in [5, 5.41) is 22.8.